The average Bonchev–Trinajstić information content (AvgIpc) is 2.65. The Labute approximate surface area is 154 Å². The first-order valence-electron chi connectivity index (χ1n) is 9.63. The second kappa shape index (κ2) is 8.86. The van der Waals surface area contributed by atoms with E-state index in [0.29, 0.717) is 23.1 Å². The Hall–Kier alpha value is -2.33. The van der Waals surface area contributed by atoms with Gasteiger partial charge in [-0.25, -0.2) is 0 Å². The molecule has 26 heavy (non-hydrogen) atoms. The average molecular weight is 352 g/mol. The Bertz CT molecular complexity index is 911. The van der Waals surface area contributed by atoms with Crippen molar-refractivity contribution in [3.8, 4) is 5.75 Å². The number of hydrogen-bond donors (Lipinski definition) is 1. The molecule has 0 aliphatic rings. The summed E-state index contributed by atoms with van der Waals surface area (Å²) in [5, 5.41) is 1.35. The molecule has 3 rings (SSSR count). The second-order valence-corrected chi connectivity index (χ2v) is 6.72. The molecular formula is C22H28N2O2. The minimum Gasteiger partial charge on any atom is -0.493 e. The van der Waals surface area contributed by atoms with E-state index in [-0.39, 0.29) is 5.43 Å². The van der Waals surface area contributed by atoms with E-state index in [4.69, 9.17) is 4.74 Å². The highest BCUT2D eigenvalue weighted by molar-refractivity contribution is 5.95. The van der Waals surface area contributed by atoms with Crippen LogP contribution in [0.15, 0.2) is 47.3 Å². The summed E-state index contributed by atoms with van der Waals surface area (Å²) in [6.07, 6.45) is 3.31. The highest BCUT2D eigenvalue weighted by Crippen LogP contribution is 2.23. The number of H-pyrrole nitrogens is 1. The number of benzene rings is 2. The Balaban J connectivity index is 1.76. The highest BCUT2D eigenvalue weighted by Gasteiger charge is 2.10. The summed E-state index contributed by atoms with van der Waals surface area (Å²) in [5.74, 6) is 0.673. The molecule has 0 amide bonds. The molecule has 1 N–H and O–H groups in total. The number of para-hydroxylation sites is 1. The van der Waals surface area contributed by atoms with Crippen LogP contribution in [0, 0.1) is 0 Å². The molecule has 0 saturated carbocycles. The van der Waals surface area contributed by atoms with Crippen LogP contribution in [0.25, 0.3) is 21.8 Å². The predicted octanol–water partition coefficient (Wildman–Crippen LogP) is 4.57. The van der Waals surface area contributed by atoms with Crippen molar-refractivity contribution in [3.05, 3.63) is 52.7 Å². The lowest BCUT2D eigenvalue weighted by molar-refractivity contribution is 0.235. The van der Waals surface area contributed by atoms with E-state index in [2.05, 4.69) is 23.7 Å². The van der Waals surface area contributed by atoms with Gasteiger partial charge in [0, 0.05) is 17.4 Å². The molecule has 0 bridgehead atoms. The van der Waals surface area contributed by atoms with Gasteiger partial charge in [0.2, 0.25) is 5.43 Å². The topological polar surface area (TPSA) is 45.3 Å². The molecule has 0 spiro atoms. The van der Waals surface area contributed by atoms with Gasteiger partial charge >= 0.3 is 0 Å². The summed E-state index contributed by atoms with van der Waals surface area (Å²) in [5.41, 5.74) is 1.71. The third-order valence-corrected chi connectivity index (χ3v) is 4.65. The SMILES string of the molecule is CCCN(CCC)CCCOc1cccc2[nH]c3ccccc3c(=O)c12. The number of hydrogen-bond acceptors (Lipinski definition) is 3. The van der Waals surface area contributed by atoms with Crippen LogP contribution in [0.5, 0.6) is 5.75 Å². The zero-order valence-electron chi connectivity index (χ0n) is 15.8. The molecule has 2 aromatic carbocycles. The highest BCUT2D eigenvalue weighted by atomic mass is 16.5. The van der Waals surface area contributed by atoms with E-state index < -0.39 is 0 Å². The van der Waals surface area contributed by atoms with Crippen molar-refractivity contribution in [2.45, 2.75) is 33.1 Å². The van der Waals surface area contributed by atoms with Gasteiger partial charge in [0.25, 0.3) is 0 Å². The van der Waals surface area contributed by atoms with Crippen molar-refractivity contribution in [1.82, 2.24) is 9.88 Å². The van der Waals surface area contributed by atoms with Gasteiger partial charge in [-0.1, -0.05) is 32.0 Å². The zero-order chi connectivity index (χ0) is 18.4. The predicted molar refractivity (Wildman–Crippen MR) is 109 cm³/mol. The van der Waals surface area contributed by atoms with Gasteiger partial charge in [0.05, 0.1) is 17.5 Å². The van der Waals surface area contributed by atoms with Crippen LogP contribution >= 0.6 is 0 Å². The first-order valence-corrected chi connectivity index (χ1v) is 9.63. The minimum atomic E-state index is 0.0311. The normalized spacial score (nSPS) is 11.5. The molecule has 0 radical (unpaired) electrons. The van der Waals surface area contributed by atoms with E-state index in [1.54, 1.807) is 0 Å². The summed E-state index contributed by atoms with van der Waals surface area (Å²) in [6.45, 7) is 8.35. The third-order valence-electron chi connectivity index (χ3n) is 4.65. The molecule has 138 valence electrons. The van der Waals surface area contributed by atoms with E-state index in [0.717, 1.165) is 37.1 Å². The first-order chi connectivity index (χ1) is 12.7. The van der Waals surface area contributed by atoms with Crippen molar-refractivity contribution >= 4 is 21.8 Å². The summed E-state index contributed by atoms with van der Waals surface area (Å²) >= 11 is 0. The fraction of sp³-hybridized carbons (Fsp3) is 0.409. The van der Waals surface area contributed by atoms with E-state index in [9.17, 15) is 4.79 Å². The molecule has 4 heteroatoms. The second-order valence-electron chi connectivity index (χ2n) is 6.72. The molecule has 3 aromatic rings. The van der Waals surface area contributed by atoms with Gasteiger partial charge < -0.3 is 14.6 Å². The number of fused-ring (bicyclic) bond motifs is 2. The van der Waals surface area contributed by atoms with Crippen molar-refractivity contribution < 1.29 is 4.74 Å². The zero-order valence-corrected chi connectivity index (χ0v) is 15.8. The molecule has 0 atom stereocenters. The van der Waals surface area contributed by atoms with Crippen LogP contribution in [-0.4, -0.2) is 36.1 Å². The van der Waals surface area contributed by atoms with E-state index in [1.807, 2.05) is 42.5 Å². The van der Waals surface area contributed by atoms with Crippen LogP contribution in [0.1, 0.15) is 33.1 Å². The van der Waals surface area contributed by atoms with Gasteiger partial charge in [-0.3, -0.25) is 4.79 Å². The van der Waals surface area contributed by atoms with Gasteiger partial charge in [-0.05, 0) is 56.6 Å². The maximum atomic E-state index is 12.9. The Morgan fingerprint density at radius 3 is 2.42 bits per heavy atom. The lowest BCUT2D eigenvalue weighted by Crippen LogP contribution is -2.27. The molecular weight excluding hydrogens is 324 g/mol. The fourth-order valence-electron chi connectivity index (χ4n) is 3.50. The maximum Gasteiger partial charge on any atom is 0.200 e. The smallest absolute Gasteiger partial charge is 0.200 e. The monoisotopic (exact) mass is 352 g/mol. The van der Waals surface area contributed by atoms with Crippen LogP contribution < -0.4 is 10.2 Å². The fourth-order valence-corrected chi connectivity index (χ4v) is 3.50. The van der Waals surface area contributed by atoms with Gasteiger partial charge in [-0.2, -0.15) is 0 Å². The van der Waals surface area contributed by atoms with Crippen molar-refractivity contribution in [2.75, 3.05) is 26.2 Å². The van der Waals surface area contributed by atoms with Crippen molar-refractivity contribution in [1.29, 1.82) is 0 Å². The summed E-state index contributed by atoms with van der Waals surface area (Å²) < 4.78 is 6.01. The van der Waals surface area contributed by atoms with Crippen LogP contribution in [0.3, 0.4) is 0 Å². The molecule has 4 nitrogen and oxygen atoms in total. The molecule has 0 unspecified atom stereocenters. The van der Waals surface area contributed by atoms with Crippen molar-refractivity contribution in [3.63, 3.8) is 0 Å². The number of nitrogens with one attached hydrogen (secondary N) is 1. The van der Waals surface area contributed by atoms with Crippen LogP contribution in [0.2, 0.25) is 0 Å². The molecule has 0 fully saturated rings. The van der Waals surface area contributed by atoms with Crippen molar-refractivity contribution in [2.24, 2.45) is 0 Å². The number of aromatic nitrogens is 1. The summed E-state index contributed by atoms with van der Waals surface area (Å²) in [7, 11) is 0. The summed E-state index contributed by atoms with van der Waals surface area (Å²) in [4.78, 5) is 18.7. The lowest BCUT2D eigenvalue weighted by Gasteiger charge is -2.20. The van der Waals surface area contributed by atoms with Gasteiger partial charge in [0.15, 0.2) is 0 Å². The maximum absolute atomic E-state index is 12.9. The van der Waals surface area contributed by atoms with Crippen LogP contribution in [0.4, 0.5) is 0 Å². The number of ether oxygens (including phenoxy) is 1. The van der Waals surface area contributed by atoms with E-state index in [1.165, 1.54) is 12.8 Å². The number of aromatic amines is 1. The Morgan fingerprint density at radius 1 is 0.923 bits per heavy atom. The molecule has 0 aliphatic carbocycles. The number of nitrogens with zero attached hydrogens (tertiary/aromatic N) is 1. The Kier molecular flexibility index (Phi) is 6.29. The summed E-state index contributed by atoms with van der Waals surface area (Å²) in [6, 6.07) is 13.4. The molecule has 1 aromatic heterocycles. The molecule has 0 saturated heterocycles. The van der Waals surface area contributed by atoms with E-state index >= 15 is 0 Å². The van der Waals surface area contributed by atoms with Crippen LogP contribution in [-0.2, 0) is 0 Å². The standard InChI is InChI=1S/C22H28N2O2/c1-3-13-24(14-4-2)15-8-16-26-20-12-7-11-19-21(20)22(25)17-9-5-6-10-18(17)23-19/h5-7,9-12H,3-4,8,13-16H2,1-2H3,(H,23,25). The quantitative estimate of drug-likeness (QED) is 0.453. The Morgan fingerprint density at radius 2 is 1.65 bits per heavy atom. The first kappa shape index (κ1) is 18.5. The van der Waals surface area contributed by atoms with Gasteiger partial charge in [0.1, 0.15) is 5.75 Å². The molecule has 0 aliphatic heterocycles. The third kappa shape index (κ3) is 4.07. The lowest BCUT2D eigenvalue weighted by atomic mass is 10.1. The number of rotatable bonds is 9. The van der Waals surface area contributed by atoms with Gasteiger partial charge in [-0.15, -0.1) is 0 Å². The molecule has 1 heterocycles. The number of pyridine rings is 1. The minimum absolute atomic E-state index is 0.0311. The largest absolute Gasteiger partial charge is 0.493 e.